The SMILES string of the molecule is Nc1cc2ccc(Br)cc2c(C(F)(F)F)n1. The molecule has 0 radical (unpaired) electrons. The first-order valence-corrected chi connectivity index (χ1v) is 5.10. The van der Waals surface area contributed by atoms with Gasteiger partial charge in [-0.05, 0) is 23.6 Å². The van der Waals surface area contributed by atoms with Gasteiger partial charge in [-0.15, -0.1) is 0 Å². The lowest BCUT2D eigenvalue weighted by Gasteiger charge is -2.10. The Labute approximate surface area is 97.4 Å². The van der Waals surface area contributed by atoms with Gasteiger partial charge in [0.1, 0.15) is 5.82 Å². The zero-order valence-electron chi connectivity index (χ0n) is 7.85. The number of fused-ring (bicyclic) bond motifs is 1. The smallest absolute Gasteiger partial charge is 0.384 e. The van der Waals surface area contributed by atoms with Crippen LogP contribution >= 0.6 is 15.9 Å². The van der Waals surface area contributed by atoms with Crippen molar-refractivity contribution < 1.29 is 13.2 Å². The van der Waals surface area contributed by atoms with Crippen molar-refractivity contribution in [1.82, 2.24) is 4.98 Å². The summed E-state index contributed by atoms with van der Waals surface area (Å²) in [6, 6.07) is 6.01. The molecule has 1 aromatic carbocycles. The topological polar surface area (TPSA) is 38.9 Å². The Balaban J connectivity index is 2.85. The van der Waals surface area contributed by atoms with Crippen LogP contribution in [0.15, 0.2) is 28.7 Å². The fourth-order valence-corrected chi connectivity index (χ4v) is 1.82. The number of halogens is 4. The van der Waals surface area contributed by atoms with Gasteiger partial charge in [-0.1, -0.05) is 22.0 Å². The summed E-state index contributed by atoms with van der Waals surface area (Å²) in [5.41, 5.74) is 4.38. The fourth-order valence-electron chi connectivity index (χ4n) is 1.46. The zero-order valence-corrected chi connectivity index (χ0v) is 9.43. The van der Waals surface area contributed by atoms with Gasteiger partial charge in [-0.3, -0.25) is 0 Å². The summed E-state index contributed by atoms with van der Waals surface area (Å²) in [6.07, 6.45) is -4.51. The third-order valence-electron chi connectivity index (χ3n) is 2.08. The Morgan fingerprint density at radius 1 is 1.19 bits per heavy atom. The Bertz CT molecular complexity index is 551. The molecule has 0 bridgehead atoms. The molecule has 0 spiro atoms. The fraction of sp³-hybridized carbons (Fsp3) is 0.100. The van der Waals surface area contributed by atoms with Crippen molar-refractivity contribution in [2.75, 3.05) is 5.73 Å². The molecule has 1 heterocycles. The van der Waals surface area contributed by atoms with E-state index in [0.717, 1.165) is 0 Å². The minimum Gasteiger partial charge on any atom is -0.384 e. The molecule has 0 saturated carbocycles. The second-order valence-electron chi connectivity index (χ2n) is 3.26. The van der Waals surface area contributed by atoms with E-state index in [-0.39, 0.29) is 11.2 Å². The zero-order chi connectivity index (χ0) is 11.9. The van der Waals surface area contributed by atoms with E-state index in [1.807, 2.05) is 0 Å². The Kier molecular flexibility index (Phi) is 2.53. The third-order valence-corrected chi connectivity index (χ3v) is 2.58. The predicted molar refractivity (Wildman–Crippen MR) is 58.9 cm³/mol. The van der Waals surface area contributed by atoms with Crippen LogP contribution in [0.25, 0.3) is 10.8 Å². The van der Waals surface area contributed by atoms with Gasteiger partial charge in [-0.25, -0.2) is 4.98 Å². The van der Waals surface area contributed by atoms with Crippen LogP contribution < -0.4 is 5.73 Å². The maximum atomic E-state index is 12.7. The molecule has 0 atom stereocenters. The molecule has 2 aromatic rings. The maximum absolute atomic E-state index is 12.7. The molecule has 0 amide bonds. The van der Waals surface area contributed by atoms with Crippen LogP contribution in [0.2, 0.25) is 0 Å². The molecular weight excluding hydrogens is 285 g/mol. The maximum Gasteiger partial charge on any atom is 0.434 e. The van der Waals surface area contributed by atoms with Gasteiger partial charge < -0.3 is 5.73 Å². The molecular formula is C10H6BrF3N2. The van der Waals surface area contributed by atoms with E-state index in [1.165, 1.54) is 12.1 Å². The van der Waals surface area contributed by atoms with Gasteiger partial charge in [0.15, 0.2) is 5.69 Å². The van der Waals surface area contributed by atoms with E-state index in [2.05, 4.69) is 20.9 Å². The Hall–Kier alpha value is -1.30. The van der Waals surface area contributed by atoms with Crippen LogP contribution in [0.1, 0.15) is 5.69 Å². The van der Waals surface area contributed by atoms with E-state index in [9.17, 15) is 13.2 Å². The lowest BCUT2D eigenvalue weighted by atomic mass is 10.1. The van der Waals surface area contributed by atoms with Crippen molar-refractivity contribution in [3.63, 3.8) is 0 Å². The molecule has 1 aromatic heterocycles. The van der Waals surface area contributed by atoms with Crippen molar-refractivity contribution in [1.29, 1.82) is 0 Å². The number of rotatable bonds is 0. The molecule has 2 rings (SSSR count). The summed E-state index contributed by atoms with van der Waals surface area (Å²) >= 11 is 3.13. The van der Waals surface area contributed by atoms with Crippen molar-refractivity contribution in [3.8, 4) is 0 Å². The standard InChI is InChI=1S/C10H6BrF3N2/c11-6-2-1-5-3-8(15)16-9(7(5)4-6)10(12,13)14/h1-4H,(H2,15,16). The first-order chi connectivity index (χ1) is 7.38. The van der Waals surface area contributed by atoms with Gasteiger partial charge in [0, 0.05) is 9.86 Å². The van der Waals surface area contributed by atoms with Crippen LogP contribution in [-0.4, -0.2) is 4.98 Å². The lowest BCUT2D eigenvalue weighted by Crippen LogP contribution is -2.10. The second kappa shape index (κ2) is 3.62. The summed E-state index contributed by atoms with van der Waals surface area (Å²) in [5, 5.41) is 0.458. The Morgan fingerprint density at radius 2 is 1.88 bits per heavy atom. The number of hydrogen-bond acceptors (Lipinski definition) is 2. The van der Waals surface area contributed by atoms with Crippen molar-refractivity contribution in [3.05, 3.63) is 34.4 Å². The molecule has 0 saturated heterocycles. The van der Waals surface area contributed by atoms with E-state index < -0.39 is 11.9 Å². The molecule has 0 aliphatic heterocycles. The molecule has 0 unspecified atom stereocenters. The first-order valence-electron chi connectivity index (χ1n) is 4.31. The van der Waals surface area contributed by atoms with Gasteiger partial charge in [0.05, 0.1) is 0 Å². The molecule has 6 heteroatoms. The van der Waals surface area contributed by atoms with Crippen LogP contribution in [0.3, 0.4) is 0 Å². The predicted octanol–water partition coefficient (Wildman–Crippen LogP) is 3.60. The molecule has 0 aliphatic rings. The number of benzene rings is 1. The van der Waals surface area contributed by atoms with E-state index in [1.54, 1.807) is 12.1 Å². The highest BCUT2D eigenvalue weighted by atomic mass is 79.9. The van der Waals surface area contributed by atoms with Gasteiger partial charge in [0.2, 0.25) is 0 Å². The van der Waals surface area contributed by atoms with E-state index >= 15 is 0 Å². The molecule has 16 heavy (non-hydrogen) atoms. The van der Waals surface area contributed by atoms with Crippen molar-refractivity contribution >= 4 is 32.5 Å². The monoisotopic (exact) mass is 290 g/mol. The highest BCUT2D eigenvalue weighted by molar-refractivity contribution is 9.10. The lowest BCUT2D eigenvalue weighted by molar-refractivity contribution is -0.139. The van der Waals surface area contributed by atoms with Crippen LogP contribution in [0.5, 0.6) is 0 Å². The first kappa shape index (κ1) is 11.2. The second-order valence-corrected chi connectivity index (χ2v) is 4.17. The van der Waals surface area contributed by atoms with Gasteiger partial charge in [-0.2, -0.15) is 13.2 Å². The molecule has 84 valence electrons. The number of pyridine rings is 1. The number of anilines is 1. The number of nitrogens with zero attached hydrogens (tertiary/aromatic N) is 1. The number of aromatic nitrogens is 1. The number of nitrogen functional groups attached to an aromatic ring is 1. The molecule has 0 fully saturated rings. The van der Waals surface area contributed by atoms with Crippen LogP contribution in [0.4, 0.5) is 19.0 Å². The van der Waals surface area contributed by atoms with Gasteiger partial charge >= 0.3 is 6.18 Å². The molecule has 2 nitrogen and oxygen atoms in total. The minimum absolute atomic E-state index is 0.0380. The van der Waals surface area contributed by atoms with Crippen molar-refractivity contribution in [2.45, 2.75) is 6.18 Å². The summed E-state index contributed by atoms with van der Waals surface area (Å²) in [6.45, 7) is 0. The molecule has 0 aliphatic carbocycles. The minimum atomic E-state index is -4.51. The van der Waals surface area contributed by atoms with Crippen LogP contribution in [-0.2, 0) is 6.18 Å². The summed E-state index contributed by atoms with van der Waals surface area (Å²) in [5.74, 6) is -0.137. The van der Waals surface area contributed by atoms with Crippen molar-refractivity contribution in [2.24, 2.45) is 0 Å². The quantitative estimate of drug-likeness (QED) is 0.805. The van der Waals surface area contributed by atoms with E-state index in [0.29, 0.717) is 9.86 Å². The van der Waals surface area contributed by atoms with Gasteiger partial charge in [0.25, 0.3) is 0 Å². The van der Waals surface area contributed by atoms with E-state index in [4.69, 9.17) is 5.73 Å². The highest BCUT2D eigenvalue weighted by Crippen LogP contribution is 2.35. The number of nitrogens with two attached hydrogens (primary N) is 1. The summed E-state index contributed by atoms with van der Waals surface area (Å²) in [7, 11) is 0. The summed E-state index contributed by atoms with van der Waals surface area (Å²) < 4.78 is 38.7. The number of alkyl halides is 3. The highest BCUT2D eigenvalue weighted by Gasteiger charge is 2.34. The summed E-state index contributed by atoms with van der Waals surface area (Å²) in [4.78, 5) is 3.35. The third kappa shape index (κ3) is 1.97. The molecule has 2 N–H and O–H groups in total. The van der Waals surface area contributed by atoms with Crippen LogP contribution in [0, 0.1) is 0 Å². The Morgan fingerprint density at radius 3 is 2.50 bits per heavy atom. The average Bonchev–Trinajstić information content (AvgIpc) is 2.16. The normalized spacial score (nSPS) is 12.0. The largest absolute Gasteiger partial charge is 0.434 e. The number of hydrogen-bond donors (Lipinski definition) is 1. The average molecular weight is 291 g/mol.